The van der Waals surface area contributed by atoms with Crippen molar-refractivity contribution in [2.24, 2.45) is 0 Å². The van der Waals surface area contributed by atoms with Gasteiger partial charge in [0, 0.05) is 18.1 Å². The van der Waals surface area contributed by atoms with E-state index in [1.54, 1.807) is 0 Å². The molecule has 1 N–H and O–H groups in total. The van der Waals surface area contributed by atoms with Crippen molar-refractivity contribution < 1.29 is 13.9 Å². The highest BCUT2D eigenvalue weighted by atomic mass is 32.1. The molecule has 1 unspecified atom stereocenters. The number of nitrogens with zero attached hydrogens (tertiary/aromatic N) is 4. The van der Waals surface area contributed by atoms with E-state index in [0.717, 1.165) is 6.07 Å². The minimum Gasteiger partial charge on any atom is -0.493 e. The maximum atomic E-state index is 13.9. The van der Waals surface area contributed by atoms with Gasteiger partial charge >= 0.3 is 0 Å². The molecule has 5 nitrogen and oxygen atoms in total. The fraction of sp³-hybridized carbons (Fsp3) is 0.214. The first-order chi connectivity index (χ1) is 10.5. The average Bonchev–Trinajstić information content (AvgIpc) is 2.93. The number of aryl methyl sites for hydroxylation is 1. The van der Waals surface area contributed by atoms with E-state index in [0.29, 0.717) is 12.2 Å². The zero-order valence-electron chi connectivity index (χ0n) is 11.5. The zero-order chi connectivity index (χ0) is 15.9. The summed E-state index contributed by atoms with van der Waals surface area (Å²) in [5.74, 6) is -1.43. The lowest BCUT2D eigenvalue weighted by molar-refractivity contribution is 0.433. The van der Waals surface area contributed by atoms with Gasteiger partial charge in [-0.3, -0.25) is 0 Å². The number of hydrogen-bond acceptors (Lipinski definition) is 5. The van der Waals surface area contributed by atoms with E-state index in [4.69, 9.17) is 0 Å². The highest BCUT2D eigenvalue weighted by Crippen LogP contribution is 2.31. The number of aromatic nitrogens is 4. The molecule has 3 rings (SSSR count). The fourth-order valence-corrected chi connectivity index (χ4v) is 2.43. The maximum absolute atomic E-state index is 13.9. The second-order valence-corrected chi connectivity index (χ2v) is 5.19. The van der Waals surface area contributed by atoms with E-state index in [2.05, 4.69) is 27.7 Å². The molecular weight excluding hydrogens is 310 g/mol. The van der Waals surface area contributed by atoms with Crippen molar-refractivity contribution in [2.75, 3.05) is 0 Å². The molecule has 0 spiro atoms. The Balaban J connectivity index is 2.11. The lowest BCUT2D eigenvalue weighted by Gasteiger charge is -2.12. The molecule has 8 heteroatoms. The SMILES string of the molecule is CCc1nc2nc(C(S)c3cccc(F)c3F)cc(O)n2n1. The van der Waals surface area contributed by atoms with Gasteiger partial charge in [-0.1, -0.05) is 19.1 Å². The highest BCUT2D eigenvalue weighted by molar-refractivity contribution is 7.80. The molecule has 3 aromatic rings. The van der Waals surface area contributed by atoms with Gasteiger partial charge in [-0.05, 0) is 6.07 Å². The number of benzene rings is 1. The Labute approximate surface area is 130 Å². The van der Waals surface area contributed by atoms with Crippen LogP contribution in [0.25, 0.3) is 5.78 Å². The van der Waals surface area contributed by atoms with E-state index in [9.17, 15) is 13.9 Å². The van der Waals surface area contributed by atoms with Crippen LogP contribution in [0.4, 0.5) is 8.78 Å². The lowest BCUT2D eigenvalue weighted by Crippen LogP contribution is -2.04. The summed E-state index contributed by atoms with van der Waals surface area (Å²) in [6.45, 7) is 1.87. The van der Waals surface area contributed by atoms with Crippen LogP contribution in [-0.4, -0.2) is 24.7 Å². The van der Waals surface area contributed by atoms with Crippen LogP contribution in [0.3, 0.4) is 0 Å². The number of halogens is 2. The Morgan fingerprint density at radius 1 is 1.32 bits per heavy atom. The zero-order valence-corrected chi connectivity index (χ0v) is 12.4. The highest BCUT2D eigenvalue weighted by Gasteiger charge is 2.20. The summed E-state index contributed by atoms with van der Waals surface area (Å²) in [6.07, 6.45) is 0.584. The average molecular weight is 322 g/mol. The minimum atomic E-state index is -0.987. The van der Waals surface area contributed by atoms with E-state index >= 15 is 0 Å². The van der Waals surface area contributed by atoms with Crippen molar-refractivity contribution >= 4 is 18.4 Å². The molecule has 0 saturated carbocycles. The van der Waals surface area contributed by atoms with Crippen LogP contribution in [0.1, 0.15) is 29.3 Å². The van der Waals surface area contributed by atoms with Gasteiger partial charge in [-0.15, -0.1) is 5.10 Å². The van der Waals surface area contributed by atoms with Gasteiger partial charge in [-0.2, -0.15) is 22.1 Å². The van der Waals surface area contributed by atoms with Crippen molar-refractivity contribution in [1.29, 1.82) is 0 Å². The summed E-state index contributed by atoms with van der Waals surface area (Å²) in [4.78, 5) is 8.36. The number of rotatable bonds is 3. The van der Waals surface area contributed by atoms with E-state index in [1.807, 2.05) is 6.92 Å². The lowest BCUT2D eigenvalue weighted by atomic mass is 10.1. The largest absolute Gasteiger partial charge is 0.493 e. The van der Waals surface area contributed by atoms with Crippen LogP contribution in [0.2, 0.25) is 0 Å². The maximum Gasteiger partial charge on any atom is 0.255 e. The third-order valence-electron chi connectivity index (χ3n) is 3.23. The molecule has 0 aliphatic rings. The van der Waals surface area contributed by atoms with E-state index in [1.165, 1.54) is 22.7 Å². The molecule has 114 valence electrons. The summed E-state index contributed by atoms with van der Waals surface area (Å²) in [7, 11) is 0. The molecule has 1 aromatic carbocycles. The van der Waals surface area contributed by atoms with Gasteiger partial charge in [0.15, 0.2) is 17.5 Å². The molecular formula is C14H12F2N4OS. The molecule has 1 atom stereocenters. The number of fused-ring (bicyclic) bond motifs is 1. The Hall–Kier alpha value is -2.22. The van der Waals surface area contributed by atoms with Gasteiger partial charge in [0.1, 0.15) is 0 Å². The normalized spacial score (nSPS) is 12.7. The molecule has 0 aliphatic heterocycles. The quantitative estimate of drug-likeness (QED) is 0.728. The van der Waals surface area contributed by atoms with Crippen molar-refractivity contribution in [3.8, 4) is 5.88 Å². The minimum absolute atomic E-state index is 0.0369. The van der Waals surface area contributed by atoms with Crippen molar-refractivity contribution in [3.63, 3.8) is 0 Å². The second kappa shape index (κ2) is 5.53. The third-order valence-corrected chi connectivity index (χ3v) is 3.77. The molecule has 0 aliphatic carbocycles. The monoisotopic (exact) mass is 322 g/mol. The van der Waals surface area contributed by atoms with Gasteiger partial charge in [0.25, 0.3) is 5.78 Å². The van der Waals surface area contributed by atoms with Crippen LogP contribution in [0.5, 0.6) is 5.88 Å². The molecule has 0 saturated heterocycles. The summed E-state index contributed by atoms with van der Waals surface area (Å²) in [6, 6.07) is 5.14. The van der Waals surface area contributed by atoms with Gasteiger partial charge < -0.3 is 5.11 Å². The smallest absolute Gasteiger partial charge is 0.255 e. The number of aromatic hydroxyl groups is 1. The summed E-state index contributed by atoms with van der Waals surface area (Å²) in [5.41, 5.74) is 0.294. The Bertz CT molecular complexity index is 852. The molecule has 0 bridgehead atoms. The summed E-state index contributed by atoms with van der Waals surface area (Å²) < 4.78 is 28.4. The van der Waals surface area contributed by atoms with Gasteiger partial charge in [-0.25, -0.2) is 13.8 Å². The Morgan fingerprint density at radius 3 is 2.82 bits per heavy atom. The van der Waals surface area contributed by atoms with Gasteiger partial charge in [0.2, 0.25) is 5.88 Å². The summed E-state index contributed by atoms with van der Waals surface area (Å²) >= 11 is 4.29. The van der Waals surface area contributed by atoms with E-state index < -0.39 is 16.9 Å². The number of thiol groups is 1. The predicted molar refractivity (Wildman–Crippen MR) is 79.0 cm³/mol. The molecule has 0 radical (unpaired) electrons. The number of hydrogen-bond donors (Lipinski definition) is 2. The van der Waals surface area contributed by atoms with Crippen LogP contribution < -0.4 is 0 Å². The third kappa shape index (κ3) is 2.39. The van der Waals surface area contributed by atoms with Crippen LogP contribution >= 0.6 is 12.6 Å². The predicted octanol–water partition coefficient (Wildman–Crippen LogP) is 2.69. The van der Waals surface area contributed by atoms with Gasteiger partial charge in [0.05, 0.1) is 10.9 Å². The molecule has 2 aromatic heterocycles. The Kier molecular flexibility index (Phi) is 3.69. The first-order valence-electron chi connectivity index (χ1n) is 6.58. The topological polar surface area (TPSA) is 63.3 Å². The van der Waals surface area contributed by atoms with Crippen molar-refractivity contribution in [3.05, 3.63) is 53.0 Å². The van der Waals surface area contributed by atoms with Crippen molar-refractivity contribution in [1.82, 2.24) is 19.6 Å². The molecule has 2 heterocycles. The molecule has 22 heavy (non-hydrogen) atoms. The van der Waals surface area contributed by atoms with Crippen molar-refractivity contribution in [2.45, 2.75) is 18.6 Å². The second-order valence-electron chi connectivity index (χ2n) is 4.68. The van der Waals surface area contributed by atoms with E-state index in [-0.39, 0.29) is 22.9 Å². The Morgan fingerprint density at radius 2 is 2.09 bits per heavy atom. The standard InChI is InChI=1S/C14H12F2N4OS/c1-2-10-18-14-17-9(6-11(21)20(14)19-10)13(22)7-4-3-5-8(15)12(7)16/h3-6,13,21-22H,2H2,1H3. The summed E-state index contributed by atoms with van der Waals surface area (Å²) in [5, 5.41) is 13.2. The van der Waals surface area contributed by atoms with Crippen LogP contribution in [0, 0.1) is 11.6 Å². The van der Waals surface area contributed by atoms with Crippen LogP contribution in [-0.2, 0) is 6.42 Å². The van der Waals surface area contributed by atoms with Crippen LogP contribution in [0.15, 0.2) is 24.3 Å². The molecule has 0 fully saturated rings. The first kappa shape index (κ1) is 14.7. The fourth-order valence-electron chi connectivity index (χ4n) is 2.09. The molecule has 0 amide bonds. The first-order valence-corrected chi connectivity index (χ1v) is 7.10.